The summed E-state index contributed by atoms with van der Waals surface area (Å²) in [5, 5.41) is 6.97. The molecule has 1 heterocycles. The summed E-state index contributed by atoms with van der Waals surface area (Å²) >= 11 is 0. The summed E-state index contributed by atoms with van der Waals surface area (Å²) in [4.78, 5) is 12.1. The van der Waals surface area contributed by atoms with Crippen molar-refractivity contribution < 1.29 is 4.79 Å². The molecule has 1 aromatic heterocycles. The van der Waals surface area contributed by atoms with E-state index in [4.69, 9.17) is 0 Å². The Hall–Kier alpha value is -2.10. The van der Waals surface area contributed by atoms with Gasteiger partial charge in [-0.25, -0.2) is 0 Å². The third-order valence-corrected chi connectivity index (χ3v) is 2.95. The molecule has 2 aromatic rings. The maximum atomic E-state index is 12.1. The molecule has 2 rings (SSSR count). The molecule has 0 unspecified atom stereocenters. The second-order valence-electron chi connectivity index (χ2n) is 4.32. The largest absolute Gasteiger partial charge is 0.321 e. The highest BCUT2D eigenvalue weighted by molar-refractivity contribution is 6.04. The predicted molar refractivity (Wildman–Crippen MR) is 71.7 cm³/mol. The van der Waals surface area contributed by atoms with E-state index in [-0.39, 0.29) is 5.91 Å². The first-order valence-corrected chi connectivity index (χ1v) is 6.00. The molecule has 1 N–H and O–H groups in total. The normalized spacial score (nSPS) is 10.4. The maximum Gasteiger partial charge on any atom is 0.258 e. The summed E-state index contributed by atoms with van der Waals surface area (Å²) in [6, 6.07) is 6.04. The molecule has 1 aromatic carbocycles. The zero-order chi connectivity index (χ0) is 13.1. The Kier molecular flexibility index (Phi) is 3.46. The first-order chi connectivity index (χ1) is 8.61. The molecule has 0 aliphatic rings. The number of hydrogen-bond acceptors (Lipinski definition) is 2. The highest BCUT2D eigenvalue weighted by atomic mass is 16.1. The minimum atomic E-state index is -0.118. The van der Waals surface area contributed by atoms with Crippen LogP contribution in [0.4, 0.5) is 5.69 Å². The standard InChI is InChI=1S/C14H17N3O/c1-4-11-7-5-6-10(2)13(11)16-14(18)12-8-15-17(3)9-12/h5-9H,4H2,1-3H3,(H,16,18). The van der Waals surface area contributed by atoms with Gasteiger partial charge in [0.2, 0.25) is 0 Å². The second kappa shape index (κ2) is 5.04. The highest BCUT2D eigenvalue weighted by Crippen LogP contribution is 2.21. The van der Waals surface area contributed by atoms with Gasteiger partial charge in [-0.15, -0.1) is 0 Å². The van der Waals surface area contributed by atoms with Crippen molar-refractivity contribution in [2.24, 2.45) is 7.05 Å². The van der Waals surface area contributed by atoms with Gasteiger partial charge in [-0.3, -0.25) is 9.48 Å². The molecule has 0 fully saturated rings. The molecular formula is C14H17N3O. The van der Waals surface area contributed by atoms with Gasteiger partial charge in [0.05, 0.1) is 11.8 Å². The summed E-state index contributed by atoms with van der Waals surface area (Å²) in [6.45, 7) is 4.08. The number of amides is 1. The Morgan fingerprint density at radius 1 is 1.44 bits per heavy atom. The number of nitrogens with zero attached hydrogens (tertiary/aromatic N) is 2. The van der Waals surface area contributed by atoms with Crippen LogP contribution in [0.15, 0.2) is 30.6 Å². The number of carbonyl (C=O) groups excluding carboxylic acids is 1. The van der Waals surface area contributed by atoms with Crippen molar-refractivity contribution in [2.45, 2.75) is 20.3 Å². The fraction of sp³-hybridized carbons (Fsp3) is 0.286. The molecular weight excluding hydrogens is 226 g/mol. The van der Waals surface area contributed by atoms with Crippen molar-refractivity contribution in [3.05, 3.63) is 47.3 Å². The summed E-state index contributed by atoms with van der Waals surface area (Å²) in [5.41, 5.74) is 3.70. The number of para-hydroxylation sites is 1. The number of benzene rings is 1. The summed E-state index contributed by atoms with van der Waals surface area (Å²) in [6.07, 6.45) is 4.17. The van der Waals surface area contributed by atoms with Crippen LogP contribution in [-0.2, 0) is 13.5 Å². The van der Waals surface area contributed by atoms with Crippen molar-refractivity contribution in [1.82, 2.24) is 9.78 Å². The average Bonchev–Trinajstić information content (AvgIpc) is 2.78. The van der Waals surface area contributed by atoms with Crippen LogP contribution in [0.25, 0.3) is 0 Å². The Labute approximate surface area is 107 Å². The number of anilines is 1. The minimum absolute atomic E-state index is 0.118. The van der Waals surface area contributed by atoms with Crippen LogP contribution < -0.4 is 5.32 Å². The van der Waals surface area contributed by atoms with Gasteiger partial charge < -0.3 is 5.32 Å². The van der Waals surface area contributed by atoms with E-state index in [1.807, 2.05) is 25.1 Å². The van der Waals surface area contributed by atoms with E-state index in [1.165, 1.54) is 0 Å². The molecule has 4 nitrogen and oxygen atoms in total. The molecule has 0 saturated heterocycles. The number of carbonyl (C=O) groups is 1. The van der Waals surface area contributed by atoms with Crippen LogP contribution in [-0.4, -0.2) is 15.7 Å². The topological polar surface area (TPSA) is 46.9 Å². The van der Waals surface area contributed by atoms with Crippen molar-refractivity contribution >= 4 is 11.6 Å². The monoisotopic (exact) mass is 243 g/mol. The SMILES string of the molecule is CCc1cccc(C)c1NC(=O)c1cnn(C)c1. The molecule has 94 valence electrons. The third kappa shape index (κ3) is 2.42. The smallest absolute Gasteiger partial charge is 0.258 e. The lowest BCUT2D eigenvalue weighted by atomic mass is 10.1. The van der Waals surface area contributed by atoms with Gasteiger partial charge in [0.15, 0.2) is 0 Å². The predicted octanol–water partition coefficient (Wildman–Crippen LogP) is 2.54. The van der Waals surface area contributed by atoms with E-state index in [0.717, 1.165) is 23.2 Å². The Morgan fingerprint density at radius 2 is 2.22 bits per heavy atom. The van der Waals surface area contributed by atoms with Gasteiger partial charge in [-0.05, 0) is 24.5 Å². The summed E-state index contributed by atoms with van der Waals surface area (Å²) in [5.74, 6) is -0.118. The molecule has 0 radical (unpaired) electrons. The zero-order valence-corrected chi connectivity index (χ0v) is 10.9. The van der Waals surface area contributed by atoms with Crippen molar-refractivity contribution in [1.29, 1.82) is 0 Å². The fourth-order valence-corrected chi connectivity index (χ4v) is 1.93. The summed E-state index contributed by atoms with van der Waals surface area (Å²) < 4.78 is 1.62. The molecule has 0 saturated carbocycles. The highest BCUT2D eigenvalue weighted by Gasteiger charge is 2.11. The van der Waals surface area contributed by atoms with E-state index in [0.29, 0.717) is 5.56 Å². The lowest BCUT2D eigenvalue weighted by Gasteiger charge is -2.12. The maximum absolute atomic E-state index is 12.1. The first kappa shape index (κ1) is 12.4. The van der Waals surface area contributed by atoms with Crippen LogP contribution in [0, 0.1) is 6.92 Å². The minimum Gasteiger partial charge on any atom is -0.321 e. The van der Waals surface area contributed by atoms with Gasteiger partial charge in [-0.1, -0.05) is 25.1 Å². The number of nitrogens with one attached hydrogen (secondary N) is 1. The van der Waals surface area contributed by atoms with Gasteiger partial charge >= 0.3 is 0 Å². The zero-order valence-electron chi connectivity index (χ0n) is 10.9. The molecule has 0 aliphatic heterocycles. The lowest BCUT2D eigenvalue weighted by molar-refractivity contribution is 0.102. The number of rotatable bonds is 3. The fourth-order valence-electron chi connectivity index (χ4n) is 1.93. The number of hydrogen-bond donors (Lipinski definition) is 1. The quantitative estimate of drug-likeness (QED) is 0.900. The van der Waals surface area contributed by atoms with Gasteiger partial charge in [0.1, 0.15) is 0 Å². The second-order valence-corrected chi connectivity index (χ2v) is 4.32. The van der Waals surface area contributed by atoms with Crippen LogP contribution in [0.3, 0.4) is 0 Å². The molecule has 0 aliphatic carbocycles. The average molecular weight is 243 g/mol. The van der Waals surface area contributed by atoms with E-state index in [2.05, 4.69) is 17.3 Å². The van der Waals surface area contributed by atoms with Gasteiger partial charge in [0, 0.05) is 18.9 Å². The molecule has 0 atom stereocenters. The molecule has 4 heteroatoms. The molecule has 1 amide bonds. The Balaban J connectivity index is 2.26. The lowest BCUT2D eigenvalue weighted by Crippen LogP contribution is -2.13. The van der Waals surface area contributed by atoms with Crippen LogP contribution >= 0.6 is 0 Å². The van der Waals surface area contributed by atoms with Crippen molar-refractivity contribution in [2.75, 3.05) is 5.32 Å². The van der Waals surface area contributed by atoms with Crippen LogP contribution in [0.1, 0.15) is 28.4 Å². The van der Waals surface area contributed by atoms with E-state index in [9.17, 15) is 4.79 Å². The van der Waals surface area contributed by atoms with Crippen LogP contribution in [0.2, 0.25) is 0 Å². The molecule has 0 bridgehead atoms. The van der Waals surface area contributed by atoms with E-state index >= 15 is 0 Å². The number of aromatic nitrogens is 2. The van der Waals surface area contributed by atoms with Gasteiger partial charge in [0.25, 0.3) is 5.91 Å². The van der Waals surface area contributed by atoms with Crippen molar-refractivity contribution in [3.63, 3.8) is 0 Å². The summed E-state index contributed by atoms with van der Waals surface area (Å²) in [7, 11) is 1.79. The van der Waals surface area contributed by atoms with E-state index in [1.54, 1.807) is 24.1 Å². The van der Waals surface area contributed by atoms with Crippen molar-refractivity contribution in [3.8, 4) is 0 Å². The number of aryl methyl sites for hydroxylation is 3. The molecule has 18 heavy (non-hydrogen) atoms. The third-order valence-electron chi connectivity index (χ3n) is 2.95. The molecule has 0 spiro atoms. The Morgan fingerprint density at radius 3 is 2.83 bits per heavy atom. The van der Waals surface area contributed by atoms with E-state index < -0.39 is 0 Å². The van der Waals surface area contributed by atoms with Gasteiger partial charge in [-0.2, -0.15) is 5.10 Å². The first-order valence-electron chi connectivity index (χ1n) is 6.00. The Bertz CT molecular complexity index is 572. The van der Waals surface area contributed by atoms with Crippen LogP contribution in [0.5, 0.6) is 0 Å².